The van der Waals surface area contributed by atoms with Crippen LogP contribution in [0.4, 0.5) is 0 Å². The maximum atomic E-state index is 6.31. The fraction of sp³-hybridized carbons (Fsp3) is 0.935. The summed E-state index contributed by atoms with van der Waals surface area (Å²) in [7, 11) is 4.28. The number of likely N-dealkylation sites (N-methyl/N-ethyl adjacent to an activating group) is 1. The molecule has 8 atom stereocenters. The van der Waals surface area contributed by atoms with E-state index in [1.54, 1.807) is 5.57 Å². The molecule has 0 amide bonds. The summed E-state index contributed by atoms with van der Waals surface area (Å²) in [6, 6.07) is 0. The van der Waals surface area contributed by atoms with Crippen LogP contribution < -0.4 is 0 Å². The third-order valence-corrected chi connectivity index (χ3v) is 11.2. The smallest absolute Gasteiger partial charge is 0.0613 e. The average molecular weight is 458 g/mol. The molecule has 1 unspecified atom stereocenters. The van der Waals surface area contributed by atoms with E-state index < -0.39 is 0 Å². The Morgan fingerprint density at radius 1 is 1.00 bits per heavy atom. The molecule has 0 aliphatic heterocycles. The summed E-state index contributed by atoms with van der Waals surface area (Å²) in [6.45, 7) is 14.7. The first kappa shape index (κ1) is 25.7. The third-order valence-electron chi connectivity index (χ3n) is 11.2. The lowest BCUT2D eigenvalue weighted by Gasteiger charge is -2.58. The van der Waals surface area contributed by atoms with Crippen LogP contribution in [0.15, 0.2) is 11.6 Å². The Morgan fingerprint density at radius 2 is 1.79 bits per heavy atom. The molecule has 0 heterocycles. The number of ether oxygens (including phenoxy) is 1. The summed E-state index contributed by atoms with van der Waals surface area (Å²) in [5.74, 6) is 5.57. The van der Waals surface area contributed by atoms with Crippen LogP contribution in [0.5, 0.6) is 0 Å². The summed E-state index contributed by atoms with van der Waals surface area (Å²) in [6.07, 6.45) is 18.6. The van der Waals surface area contributed by atoms with E-state index >= 15 is 0 Å². The summed E-state index contributed by atoms with van der Waals surface area (Å²) < 4.78 is 6.31. The van der Waals surface area contributed by atoms with Gasteiger partial charge in [-0.3, -0.25) is 0 Å². The van der Waals surface area contributed by atoms with Gasteiger partial charge in [0.1, 0.15) is 0 Å². The molecule has 0 aromatic heterocycles. The molecule has 3 fully saturated rings. The molecule has 0 saturated heterocycles. The second-order valence-electron chi connectivity index (χ2n) is 13.8. The van der Waals surface area contributed by atoms with Crippen molar-refractivity contribution in [3.63, 3.8) is 0 Å². The second-order valence-corrected chi connectivity index (χ2v) is 13.8. The molecule has 2 nitrogen and oxygen atoms in total. The Hall–Kier alpha value is -0.340. The summed E-state index contributed by atoms with van der Waals surface area (Å²) >= 11 is 0. The molecule has 0 aromatic carbocycles. The molecule has 0 spiro atoms. The highest BCUT2D eigenvalue weighted by molar-refractivity contribution is 5.25. The maximum absolute atomic E-state index is 6.31. The van der Waals surface area contributed by atoms with Crippen molar-refractivity contribution in [1.82, 2.24) is 4.90 Å². The Morgan fingerprint density at radius 3 is 2.52 bits per heavy atom. The van der Waals surface area contributed by atoms with Crippen molar-refractivity contribution in [3.8, 4) is 0 Å². The van der Waals surface area contributed by atoms with Gasteiger partial charge in [0, 0.05) is 6.54 Å². The number of nitrogens with zero attached hydrogens (tertiary/aromatic N) is 1. The molecule has 4 aliphatic carbocycles. The fourth-order valence-corrected chi connectivity index (χ4v) is 9.20. The number of rotatable bonds is 9. The van der Waals surface area contributed by atoms with Crippen molar-refractivity contribution in [2.75, 3.05) is 27.2 Å². The molecule has 2 heteroatoms. The zero-order valence-electron chi connectivity index (χ0n) is 23.2. The number of allylic oxidation sites excluding steroid dienone is 1. The topological polar surface area (TPSA) is 12.5 Å². The minimum absolute atomic E-state index is 0.451. The van der Waals surface area contributed by atoms with Gasteiger partial charge < -0.3 is 9.64 Å². The van der Waals surface area contributed by atoms with E-state index in [2.05, 4.69) is 59.7 Å². The first-order chi connectivity index (χ1) is 15.6. The van der Waals surface area contributed by atoms with Gasteiger partial charge in [-0.25, -0.2) is 0 Å². The van der Waals surface area contributed by atoms with E-state index in [1.807, 2.05) is 0 Å². The molecular formula is C31H55NO. The van der Waals surface area contributed by atoms with Crippen LogP contribution >= 0.6 is 0 Å². The Kier molecular flexibility index (Phi) is 8.06. The molecule has 190 valence electrons. The molecule has 0 radical (unpaired) electrons. The lowest BCUT2D eigenvalue weighted by molar-refractivity contribution is -0.0644. The Balaban J connectivity index is 1.41. The van der Waals surface area contributed by atoms with Crippen molar-refractivity contribution in [1.29, 1.82) is 0 Å². The monoisotopic (exact) mass is 457 g/mol. The van der Waals surface area contributed by atoms with Gasteiger partial charge in [0.25, 0.3) is 0 Å². The average Bonchev–Trinajstić information content (AvgIpc) is 3.10. The van der Waals surface area contributed by atoms with E-state index in [-0.39, 0.29) is 0 Å². The van der Waals surface area contributed by atoms with Crippen molar-refractivity contribution in [3.05, 3.63) is 11.6 Å². The van der Waals surface area contributed by atoms with Gasteiger partial charge in [-0.15, -0.1) is 0 Å². The minimum atomic E-state index is 0.451. The van der Waals surface area contributed by atoms with E-state index in [0.717, 1.165) is 48.7 Å². The number of hydrogen-bond donors (Lipinski definition) is 0. The van der Waals surface area contributed by atoms with Gasteiger partial charge in [0.15, 0.2) is 0 Å². The largest absolute Gasteiger partial charge is 0.377 e. The second kappa shape index (κ2) is 10.3. The van der Waals surface area contributed by atoms with Crippen LogP contribution in [0.25, 0.3) is 0 Å². The van der Waals surface area contributed by atoms with Crippen LogP contribution in [-0.4, -0.2) is 38.3 Å². The van der Waals surface area contributed by atoms with E-state index in [9.17, 15) is 0 Å². The van der Waals surface area contributed by atoms with Gasteiger partial charge in [-0.05, 0) is 112 Å². The Bertz CT molecular complexity index is 682. The zero-order valence-corrected chi connectivity index (χ0v) is 23.2. The lowest BCUT2D eigenvalue weighted by atomic mass is 9.47. The van der Waals surface area contributed by atoms with Gasteiger partial charge in [-0.1, -0.05) is 65.5 Å². The first-order valence-electron chi connectivity index (χ1n) is 14.6. The molecule has 4 aliphatic rings. The van der Waals surface area contributed by atoms with E-state index in [4.69, 9.17) is 4.74 Å². The normalized spacial score (nSPS) is 41.5. The van der Waals surface area contributed by atoms with Crippen LogP contribution in [0.3, 0.4) is 0 Å². The quantitative estimate of drug-likeness (QED) is 0.325. The van der Waals surface area contributed by atoms with Crippen LogP contribution in [0.1, 0.15) is 105 Å². The van der Waals surface area contributed by atoms with Crippen molar-refractivity contribution >= 4 is 0 Å². The third kappa shape index (κ3) is 5.13. The predicted octanol–water partition coefficient (Wildman–Crippen LogP) is 7.97. The SMILES string of the molecule is CC(C)CCC[C@@H](C)[C@H]1CC[C@H]2[C@@H]3CC=C4C[C@@H](OCCN(C)C)CC[C@]4(C)C3CC[C@]12C. The van der Waals surface area contributed by atoms with Gasteiger partial charge in [0.05, 0.1) is 12.7 Å². The molecule has 0 aromatic rings. The molecule has 33 heavy (non-hydrogen) atoms. The van der Waals surface area contributed by atoms with Crippen LogP contribution in [-0.2, 0) is 4.74 Å². The van der Waals surface area contributed by atoms with E-state index in [1.165, 1.54) is 70.6 Å². The molecular weight excluding hydrogens is 402 g/mol. The van der Waals surface area contributed by atoms with Crippen LogP contribution in [0, 0.1) is 46.3 Å². The standard InChI is InChI=1S/C31H55NO/c1-22(2)9-8-10-23(3)27-13-14-28-26-12-11-24-21-25(33-20-19-32(6)7)15-17-30(24,4)29(26)16-18-31(27,28)5/h11,22-23,25-29H,8-10,12-21H2,1-7H3/t23-,25+,26+,27-,28+,29?,30+,31-/m1/s1. The number of hydrogen-bond acceptors (Lipinski definition) is 2. The molecule has 0 N–H and O–H groups in total. The highest BCUT2D eigenvalue weighted by Gasteiger charge is 2.59. The maximum Gasteiger partial charge on any atom is 0.0613 e. The minimum Gasteiger partial charge on any atom is -0.377 e. The van der Waals surface area contributed by atoms with Crippen molar-refractivity contribution in [2.45, 2.75) is 111 Å². The summed E-state index contributed by atoms with van der Waals surface area (Å²) in [5.41, 5.74) is 2.82. The van der Waals surface area contributed by atoms with E-state index in [0.29, 0.717) is 16.9 Å². The van der Waals surface area contributed by atoms with Crippen molar-refractivity contribution in [2.24, 2.45) is 46.3 Å². The van der Waals surface area contributed by atoms with Gasteiger partial charge >= 0.3 is 0 Å². The fourth-order valence-electron chi connectivity index (χ4n) is 9.20. The predicted molar refractivity (Wildman–Crippen MR) is 141 cm³/mol. The molecule has 4 rings (SSSR count). The van der Waals surface area contributed by atoms with Crippen molar-refractivity contribution < 1.29 is 4.74 Å². The first-order valence-corrected chi connectivity index (χ1v) is 14.6. The lowest BCUT2D eigenvalue weighted by Crippen LogP contribution is -2.51. The molecule has 0 bridgehead atoms. The zero-order chi connectivity index (χ0) is 23.8. The van der Waals surface area contributed by atoms with Crippen LogP contribution in [0.2, 0.25) is 0 Å². The Labute approximate surface area is 206 Å². The number of fused-ring (bicyclic) bond motifs is 5. The highest BCUT2D eigenvalue weighted by atomic mass is 16.5. The highest BCUT2D eigenvalue weighted by Crippen LogP contribution is 2.67. The summed E-state index contributed by atoms with van der Waals surface area (Å²) in [5, 5.41) is 0. The van der Waals surface area contributed by atoms with Gasteiger partial charge in [0.2, 0.25) is 0 Å². The summed E-state index contributed by atoms with van der Waals surface area (Å²) in [4.78, 5) is 2.23. The molecule has 3 saturated carbocycles. The van der Waals surface area contributed by atoms with Gasteiger partial charge in [-0.2, -0.15) is 0 Å².